The standard InChI is InChI=1S/C22H21BrN2O4/c23-17-3-1-2-15(12-17)4-7-21(26)25-10-8-16(9-11-25)22(27)24-18-5-6-19-20(13-18)29-14-28-19/h1-7,12-13,16H,8-11,14H2,(H,24,27). The fourth-order valence-corrected chi connectivity index (χ4v) is 3.88. The maximum atomic E-state index is 12.6. The van der Waals surface area contributed by atoms with Crippen LogP contribution in [0.3, 0.4) is 0 Å². The molecule has 2 heterocycles. The molecule has 2 aliphatic heterocycles. The predicted molar refractivity (Wildman–Crippen MR) is 114 cm³/mol. The van der Waals surface area contributed by atoms with Crippen LogP contribution >= 0.6 is 15.9 Å². The van der Waals surface area contributed by atoms with E-state index in [1.54, 1.807) is 29.2 Å². The van der Waals surface area contributed by atoms with Crippen LogP contribution in [0, 0.1) is 5.92 Å². The van der Waals surface area contributed by atoms with Gasteiger partial charge in [0.15, 0.2) is 11.5 Å². The van der Waals surface area contributed by atoms with Gasteiger partial charge in [-0.05, 0) is 48.7 Å². The second-order valence-corrected chi connectivity index (χ2v) is 7.96. The topological polar surface area (TPSA) is 67.9 Å². The second-order valence-electron chi connectivity index (χ2n) is 7.05. The third kappa shape index (κ3) is 4.79. The van der Waals surface area contributed by atoms with E-state index in [4.69, 9.17) is 9.47 Å². The van der Waals surface area contributed by atoms with Crippen molar-refractivity contribution in [3.8, 4) is 11.5 Å². The van der Waals surface area contributed by atoms with Gasteiger partial charge in [-0.1, -0.05) is 28.1 Å². The normalized spacial score (nSPS) is 16.2. The largest absolute Gasteiger partial charge is 0.454 e. The lowest BCUT2D eigenvalue weighted by molar-refractivity contribution is -0.130. The minimum absolute atomic E-state index is 0.0272. The Morgan fingerprint density at radius 3 is 2.66 bits per heavy atom. The third-order valence-electron chi connectivity index (χ3n) is 5.08. The van der Waals surface area contributed by atoms with Crippen molar-refractivity contribution in [1.82, 2.24) is 4.90 Å². The van der Waals surface area contributed by atoms with Gasteiger partial charge in [-0.3, -0.25) is 9.59 Å². The van der Waals surface area contributed by atoms with Crippen molar-refractivity contribution in [1.29, 1.82) is 0 Å². The van der Waals surface area contributed by atoms with Crippen LogP contribution in [0.15, 0.2) is 53.0 Å². The Morgan fingerprint density at radius 2 is 1.86 bits per heavy atom. The Balaban J connectivity index is 1.28. The van der Waals surface area contributed by atoms with E-state index in [1.807, 2.05) is 30.3 Å². The number of hydrogen-bond donors (Lipinski definition) is 1. The number of anilines is 1. The summed E-state index contributed by atoms with van der Waals surface area (Å²) in [6.45, 7) is 1.34. The van der Waals surface area contributed by atoms with Crippen molar-refractivity contribution in [3.63, 3.8) is 0 Å². The second kappa shape index (κ2) is 8.69. The van der Waals surface area contributed by atoms with Gasteiger partial charge in [0.1, 0.15) is 0 Å². The number of likely N-dealkylation sites (tertiary alicyclic amines) is 1. The molecule has 2 aromatic rings. The van der Waals surface area contributed by atoms with Crippen LogP contribution in [0.1, 0.15) is 18.4 Å². The molecular formula is C22H21BrN2O4. The van der Waals surface area contributed by atoms with E-state index in [0.29, 0.717) is 43.1 Å². The number of carbonyl (C=O) groups is 2. The van der Waals surface area contributed by atoms with E-state index in [-0.39, 0.29) is 24.5 Å². The summed E-state index contributed by atoms with van der Waals surface area (Å²) >= 11 is 3.42. The molecule has 1 N–H and O–H groups in total. The lowest BCUT2D eigenvalue weighted by Gasteiger charge is -2.30. The van der Waals surface area contributed by atoms with Crippen LogP contribution in [0.2, 0.25) is 0 Å². The fraction of sp³-hybridized carbons (Fsp3) is 0.273. The van der Waals surface area contributed by atoms with Crippen LogP contribution in [-0.4, -0.2) is 36.6 Å². The minimum atomic E-state index is -0.112. The molecule has 150 valence electrons. The first-order valence-corrected chi connectivity index (χ1v) is 10.3. The Kier molecular flexibility index (Phi) is 5.85. The summed E-state index contributed by atoms with van der Waals surface area (Å²) in [5, 5.41) is 2.94. The van der Waals surface area contributed by atoms with Gasteiger partial charge in [0.2, 0.25) is 18.6 Å². The maximum Gasteiger partial charge on any atom is 0.246 e. The number of benzene rings is 2. The van der Waals surface area contributed by atoms with Crippen molar-refractivity contribution >= 4 is 39.5 Å². The van der Waals surface area contributed by atoms with E-state index in [9.17, 15) is 9.59 Å². The Hall–Kier alpha value is -2.80. The number of halogens is 1. The molecule has 4 rings (SSSR count). The van der Waals surface area contributed by atoms with Gasteiger partial charge in [-0.15, -0.1) is 0 Å². The first-order valence-electron chi connectivity index (χ1n) is 9.51. The molecule has 1 fully saturated rings. The summed E-state index contributed by atoms with van der Waals surface area (Å²) in [6.07, 6.45) is 4.69. The molecule has 0 saturated carbocycles. The van der Waals surface area contributed by atoms with Gasteiger partial charge >= 0.3 is 0 Å². The Labute approximate surface area is 177 Å². The van der Waals surface area contributed by atoms with Crippen molar-refractivity contribution in [2.24, 2.45) is 5.92 Å². The van der Waals surface area contributed by atoms with Crippen molar-refractivity contribution < 1.29 is 19.1 Å². The molecule has 7 heteroatoms. The number of piperidine rings is 1. The number of carbonyl (C=O) groups excluding carboxylic acids is 2. The number of rotatable bonds is 4. The van der Waals surface area contributed by atoms with E-state index in [0.717, 1.165) is 10.0 Å². The number of nitrogens with zero attached hydrogens (tertiary/aromatic N) is 1. The first-order chi connectivity index (χ1) is 14.1. The Morgan fingerprint density at radius 1 is 1.07 bits per heavy atom. The average molecular weight is 457 g/mol. The van der Waals surface area contributed by atoms with Crippen LogP contribution in [0.25, 0.3) is 6.08 Å². The zero-order valence-electron chi connectivity index (χ0n) is 15.8. The van der Waals surface area contributed by atoms with Crippen LogP contribution in [0.5, 0.6) is 11.5 Å². The van der Waals surface area contributed by atoms with Gasteiger partial charge in [0.05, 0.1) is 0 Å². The number of amides is 2. The quantitative estimate of drug-likeness (QED) is 0.704. The van der Waals surface area contributed by atoms with Crippen LogP contribution in [0.4, 0.5) is 5.69 Å². The van der Waals surface area contributed by atoms with Crippen molar-refractivity contribution in [3.05, 3.63) is 58.6 Å². The summed E-state index contributed by atoms with van der Waals surface area (Å²) in [7, 11) is 0. The molecule has 2 aromatic carbocycles. The van der Waals surface area contributed by atoms with Gasteiger partial charge in [-0.2, -0.15) is 0 Å². The molecular weight excluding hydrogens is 436 g/mol. The highest BCUT2D eigenvalue weighted by molar-refractivity contribution is 9.10. The summed E-state index contributed by atoms with van der Waals surface area (Å²) < 4.78 is 11.6. The van der Waals surface area contributed by atoms with Crippen molar-refractivity contribution in [2.45, 2.75) is 12.8 Å². The molecule has 6 nitrogen and oxygen atoms in total. The Bertz CT molecular complexity index is 952. The highest BCUT2D eigenvalue weighted by Crippen LogP contribution is 2.34. The molecule has 0 unspecified atom stereocenters. The smallest absolute Gasteiger partial charge is 0.246 e. The van der Waals surface area contributed by atoms with Crippen LogP contribution < -0.4 is 14.8 Å². The molecule has 2 amide bonds. The van der Waals surface area contributed by atoms with Gasteiger partial charge in [-0.25, -0.2) is 0 Å². The maximum absolute atomic E-state index is 12.6. The SMILES string of the molecule is O=C(Nc1ccc2c(c1)OCO2)C1CCN(C(=O)C=Cc2cccc(Br)c2)CC1. The molecule has 0 aromatic heterocycles. The third-order valence-corrected chi connectivity index (χ3v) is 5.58. The molecule has 0 bridgehead atoms. The molecule has 2 aliphatic rings. The zero-order chi connectivity index (χ0) is 20.2. The van der Waals surface area contributed by atoms with Crippen LogP contribution in [-0.2, 0) is 9.59 Å². The lowest BCUT2D eigenvalue weighted by atomic mass is 9.95. The van der Waals surface area contributed by atoms with Crippen molar-refractivity contribution in [2.75, 3.05) is 25.2 Å². The molecule has 29 heavy (non-hydrogen) atoms. The number of nitrogens with one attached hydrogen (secondary N) is 1. The predicted octanol–water partition coefficient (Wildman–Crippen LogP) is 4.07. The van der Waals surface area contributed by atoms with E-state index < -0.39 is 0 Å². The van der Waals surface area contributed by atoms with Gasteiger partial charge in [0.25, 0.3) is 0 Å². The summed E-state index contributed by atoms with van der Waals surface area (Å²) in [4.78, 5) is 26.8. The summed E-state index contributed by atoms with van der Waals surface area (Å²) in [5.41, 5.74) is 1.65. The first kappa shape index (κ1) is 19.5. The van der Waals surface area contributed by atoms with E-state index in [2.05, 4.69) is 21.2 Å². The number of ether oxygens (including phenoxy) is 2. The fourth-order valence-electron chi connectivity index (χ4n) is 3.46. The number of fused-ring (bicyclic) bond motifs is 1. The number of hydrogen-bond acceptors (Lipinski definition) is 4. The highest BCUT2D eigenvalue weighted by Gasteiger charge is 2.27. The molecule has 0 aliphatic carbocycles. The zero-order valence-corrected chi connectivity index (χ0v) is 17.4. The summed E-state index contributed by atoms with van der Waals surface area (Å²) in [6, 6.07) is 13.1. The molecule has 1 saturated heterocycles. The highest BCUT2D eigenvalue weighted by atomic mass is 79.9. The lowest BCUT2D eigenvalue weighted by Crippen LogP contribution is -2.40. The van der Waals surface area contributed by atoms with E-state index in [1.165, 1.54) is 0 Å². The summed E-state index contributed by atoms with van der Waals surface area (Å²) in [5.74, 6) is 1.16. The van der Waals surface area contributed by atoms with E-state index >= 15 is 0 Å². The van der Waals surface area contributed by atoms with Gasteiger partial charge < -0.3 is 19.7 Å². The molecule has 0 atom stereocenters. The average Bonchev–Trinajstić information content (AvgIpc) is 3.20. The molecule has 0 radical (unpaired) electrons. The minimum Gasteiger partial charge on any atom is -0.454 e. The monoisotopic (exact) mass is 456 g/mol. The molecule has 0 spiro atoms. The van der Waals surface area contributed by atoms with Gasteiger partial charge in [0, 0.05) is 41.3 Å².